The third kappa shape index (κ3) is 3.57. The molecule has 0 aliphatic carbocycles. The maximum atomic E-state index is 3.52. The van der Waals surface area contributed by atoms with Crippen LogP contribution in [-0.4, -0.2) is 13.1 Å². The third-order valence-electron chi connectivity index (χ3n) is 4.06. The van der Waals surface area contributed by atoms with Gasteiger partial charge in [-0.25, -0.2) is 0 Å². The molecule has 0 radical (unpaired) electrons. The van der Waals surface area contributed by atoms with E-state index in [2.05, 4.69) is 37.4 Å². The second-order valence-corrected chi connectivity index (χ2v) is 5.43. The van der Waals surface area contributed by atoms with Crippen molar-refractivity contribution in [3.05, 3.63) is 34.9 Å². The SMILES string of the molecule is Cc1ccc(C2CCCCNCCC2)cc1C. The van der Waals surface area contributed by atoms with Crippen LogP contribution in [0.15, 0.2) is 18.2 Å². The fraction of sp³-hybridized carbons (Fsp3) is 0.625. The Balaban J connectivity index is 2.09. The Kier molecular flexibility index (Phi) is 4.61. The maximum absolute atomic E-state index is 3.52. The van der Waals surface area contributed by atoms with Gasteiger partial charge in [0.2, 0.25) is 0 Å². The van der Waals surface area contributed by atoms with E-state index in [1.165, 1.54) is 56.3 Å². The van der Waals surface area contributed by atoms with Crippen LogP contribution in [0.5, 0.6) is 0 Å². The van der Waals surface area contributed by atoms with E-state index in [4.69, 9.17) is 0 Å². The zero-order valence-corrected chi connectivity index (χ0v) is 11.3. The summed E-state index contributed by atoms with van der Waals surface area (Å²) in [4.78, 5) is 0. The van der Waals surface area contributed by atoms with Crippen LogP contribution in [0.3, 0.4) is 0 Å². The minimum Gasteiger partial charge on any atom is -0.317 e. The second-order valence-electron chi connectivity index (χ2n) is 5.43. The van der Waals surface area contributed by atoms with Gasteiger partial charge in [0.05, 0.1) is 0 Å². The molecule has 1 fully saturated rings. The Morgan fingerprint density at radius 3 is 2.53 bits per heavy atom. The lowest BCUT2D eigenvalue weighted by Gasteiger charge is -2.17. The van der Waals surface area contributed by atoms with Gasteiger partial charge in [-0.2, -0.15) is 0 Å². The highest BCUT2D eigenvalue weighted by atomic mass is 14.8. The van der Waals surface area contributed by atoms with Crippen LogP contribution in [-0.2, 0) is 0 Å². The average Bonchev–Trinajstić information content (AvgIpc) is 2.46. The molecule has 1 heteroatoms. The average molecular weight is 231 g/mol. The van der Waals surface area contributed by atoms with E-state index in [1.807, 2.05) is 0 Å². The summed E-state index contributed by atoms with van der Waals surface area (Å²) >= 11 is 0. The van der Waals surface area contributed by atoms with E-state index in [9.17, 15) is 0 Å². The molecule has 1 atom stereocenters. The predicted molar refractivity (Wildman–Crippen MR) is 74.6 cm³/mol. The van der Waals surface area contributed by atoms with Gasteiger partial charge in [-0.3, -0.25) is 0 Å². The third-order valence-corrected chi connectivity index (χ3v) is 4.06. The van der Waals surface area contributed by atoms with Crippen LogP contribution in [0.4, 0.5) is 0 Å². The second kappa shape index (κ2) is 6.20. The molecule has 0 bridgehead atoms. The zero-order valence-electron chi connectivity index (χ0n) is 11.3. The van der Waals surface area contributed by atoms with E-state index in [-0.39, 0.29) is 0 Å². The quantitative estimate of drug-likeness (QED) is 0.772. The van der Waals surface area contributed by atoms with Crippen molar-refractivity contribution in [1.82, 2.24) is 5.32 Å². The van der Waals surface area contributed by atoms with Crippen LogP contribution in [0, 0.1) is 13.8 Å². The van der Waals surface area contributed by atoms with Gasteiger partial charge < -0.3 is 5.32 Å². The largest absolute Gasteiger partial charge is 0.317 e. The lowest BCUT2D eigenvalue weighted by atomic mass is 9.88. The maximum Gasteiger partial charge on any atom is -0.00487 e. The summed E-state index contributed by atoms with van der Waals surface area (Å²) < 4.78 is 0. The van der Waals surface area contributed by atoms with Crippen LogP contribution in [0.1, 0.15) is 54.7 Å². The van der Waals surface area contributed by atoms with Gasteiger partial charge in [0.15, 0.2) is 0 Å². The van der Waals surface area contributed by atoms with Crippen molar-refractivity contribution < 1.29 is 0 Å². The number of rotatable bonds is 1. The monoisotopic (exact) mass is 231 g/mol. The molecule has 1 aromatic rings. The number of hydrogen-bond donors (Lipinski definition) is 1. The van der Waals surface area contributed by atoms with Crippen molar-refractivity contribution in [3.63, 3.8) is 0 Å². The van der Waals surface area contributed by atoms with Crippen molar-refractivity contribution in [3.8, 4) is 0 Å². The molecule has 0 saturated carbocycles. The van der Waals surface area contributed by atoms with E-state index in [1.54, 1.807) is 5.56 Å². The predicted octanol–water partition coefficient (Wildman–Crippen LogP) is 3.94. The van der Waals surface area contributed by atoms with Crippen molar-refractivity contribution >= 4 is 0 Å². The first-order chi connectivity index (χ1) is 8.27. The topological polar surface area (TPSA) is 12.0 Å². The van der Waals surface area contributed by atoms with E-state index < -0.39 is 0 Å². The molecule has 1 heterocycles. The van der Waals surface area contributed by atoms with E-state index >= 15 is 0 Å². The molecule has 17 heavy (non-hydrogen) atoms. The zero-order chi connectivity index (χ0) is 12.1. The van der Waals surface area contributed by atoms with E-state index in [0.717, 1.165) is 5.92 Å². The van der Waals surface area contributed by atoms with Gasteiger partial charge in [-0.1, -0.05) is 24.6 Å². The molecule has 2 rings (SSSR count). The normalized spacial score (nSPS) is 22.6. The standard InChI is InChI=1S/C16H25N/c1-13-8-9-16(12-14(13)2)15-6-3-4-10-17-11-5-7-15/h8-9,12,15,17H,3-7,10-11H2,1-2H3. The Bertz CT molecular complexity index is 347. The van der Waals surface area contributed by atoms with Gasteiger partial charge in [0.25, 0.3) is 0 Å². The molecule has 0 spiro atoms. The summed E-state index contributed by atoms with van der Waals surface area (Å²) in [6.45, 7) is 6.84. The Morgan fingerprint density at radius 2 is 1.71 bits per heavy atom. The summed E-state index contributed by atoms with van der Waals surface area (Å²) in [5.41, 5.74) is 4.42. The Hall–Kier alpha value is -0.820. The molecule has 1 saturated heterocycles. The number of aryl methyl sites for hydroxylation is 2. The lowest BCUT2D eigenvalue weighted by Crippen LogP contribution is -2.15. The van der Waals surface area contributed by atoms with Crippen molar-refractivity contribution in [1.29, 1.82) is 0 Å². The van der Waals surface area contributed by atoms with Crippen LogP contribution >= 0.6 is 0 Å². The molecule has 94 valence electrons. The minimum absolute atomic E-state index is 0.786. The van der Waals surface area contributed by atoms with Crippen LogP contribution < -0.4 is 5.32 Å². The van der Waals surface area contributed by atoms with E-state index in [0.29, 0.717) is 0 Å². The number of hydrogen-bond acceptors (Lipinski definition) is 1. The van der Waals surface area contributed by atoms with Crippen LogP contribution in [0.2, 0.25) is 0 Å². The summed E-state index contributed by atoms with van der Waals surface area (Å²) in [6.07, 6.45) is 6.73. The summed E-state index contributed by atoms with van der Waals surface area (Å²) in [5, 5.41) is 3.52. The van der Waals surface area contributed by atoms with Gasteiger partial charge in [0.1, 0.15) is 0 Å². The summed E-state index contributed by atoms with van der Waals surface area (Å²) in [7, 11) is 0. The van der Waals surface area contributed by atoms with Gasteiger partial charge >= 0.3 is 0 Å². The highest BCUT2D eigenvalue weighted by Crippen LogP contribution is 2.28. The first kappa shape index (κ1) is 12.6. The number of nitrogens with one attached hydrogen (secondary N) is 1. The summed E-state index contributed by atoms with van der Waals surface area (Å²) in [5.74, 6) is 0.786. The molecule has 1 aliphatic rings. The van der Waals surface area contributed by atoms with Gasteiger partial charge in [-0.05, 0) is 75.2 Å². The molecular formula is C16H25N. The Morgan fingerprint density at radius 1 is 0.941 bits per heavy atom. The molecule has 1 N–H and O–H groups in total. The van der Waals surface area contributed by atoms with Crippen molar-refractivity contribution in [2.45, 2.75) is 51.9 Å². The Labute approximate surface area is 106 Å². The molecule has 1 nitrogen and oxygen atoms in total. The fourth-order valence-corrected chi connectivity index (χ4v) is 2.74. The molecule has 0 amide bonds. The lowest BCUT2D eigenvalue weighted by molar-refractivity contribution is 0.547. The molecule has 0 aromatic heterocycles. The minimum atomic E-state index is 0.786. The highest BCUT2D eigenvalue weighted by molar-refractivity contribution is 5.32. The van der Waals surface area contributed by atoms with Crippen molar-refractivity contribution in [2.24, 2.45) is 0 Å². The number of benzene rings is 1. The summed E-state index contributed by atoms with van der Waals surface area (Å²) in [6, 6.07) is 7.04. The highest BCUT2D eigenvalue weighted by Gasteiger charge is 2.13. The molecule has 1 aliphatic heterocycles. The smallest absolute Gasteiger partial charge is 0.00487 e. The van der Waals surface area contributed by atoms with Gasteiger partial charge in [0, 0.05) is 0 Å². The molecule has 1 unspecified atom stereocenters. The van der Waals surface area contributed by atoms with Crippen LogP contribution in [0.25, 0.3) is 0 Å². The molecular weight excluding hydrogens is 206 g/mol. The van der Waals surface area contributed by atoms with Gasteiger partial charge in [-0.15, -0.1) is 0 Å². The van der Waals surface area contributed by atoms with Crippen molar-refractivity contribution in [2.75, 3.05) is 13.1 Å². The first-order valence-electron chi connectivity index (χ1n) is 7.05. The molecule has 1 aromatic carbocycles. The first-order valence-corrected chi connectivity index (χ1v) is 7.05. The fourth-order valence-electron chi connectivity index (χ4n) is 2.74.